The van der Waals surface area contributed by atoms with Crippen molar-refractivity contribution in [3.05, 3.63) is 63.6 Å². The highest BCUT2D eigenvalue weighted by molar-refractivity contribution is 7.14. The Morgan fingerprint density at radius 1 is 1.12 bits per heavy atom. The average Bonchev–Trinajstić information content (AvgIpc) is 3.05. The molecule has 0 aliphatic rings. The maximum atomic E-state index is 12.1. The summed E-state index contributed by atoms with van der Waals surface area (Å²) < 4.78 is 0. The summed E-state index contributed by atoms with van der Waals surface area (Å²) >= 11 is 13.0. The van der Waals surface area contributed by atoms with Crippen molar-refractivity contribution in [2.45, 2.75) is 6.42 Å². The summed E-state index contributed by atoms with van der Waals surface area (Å²) in [4.78, 5) is 36.1. The lowest BCUT2D eigenvalue weighted by Crippen LogP contribution is -2.15. The molecule has 2 aromatic heterocycles. The summed E-state index contributed by atoms with van der Waals surface area (Å²) in [7, 11) is 0. The molecular weight excluding hydrogens is 397 g/mol. The third-order valence-electron chi connectivity index (χ3n) is 3.11. The van der Waals surface area contributed by atoms with E-state index < -0.39 is 5.91 Å². The van der Waals surface area contributed by atoms with E-state index in [-0.39, 0.29) is 18.0 Å². The second-order valence-electron chi connectivity index (χ2n) is 5.04. The molecule has 2 amide bonds. The Morgan fingerprint density at radius 2 is 1.96 bits per heavy atom. The lowest BCUT2D eigenvalue weighted by atomic mass is 10.3. The SMILES string of the molecule is O=C(Cc1csc(NC(=O)c2cnccn2)n1)Nc1ccc(Cl)c(Cl)c1. The van der Waals surface area contributed by atoms with Crippen molar-refractivity contribution in [3.8, 4) is 0 Å². The van der Waals surface area contributed by atoms with Crippen molar-refractivity contribution in [1.29, 1.82) is 0 Å². The smallest absolute Gasteiger partial charge is 0.277 e. The molecule has 0 radical (unpaired) electrons. The number of rotatable bonds is 5. The topological polar surface area (TPSA) is 96.9 Å². The van der Waals surface area contributed by atoms with Crippen LogP contribution in [0.2, 0.25) is 10.0 Å². The van der Waals surface area contributed by atoms with E-state index in [1.807, 2.05) is 0 Å². The number of carbonyl (C=O) groups excluding carboxylic acids is 2. The van der Waals surface area contributed by atoms with E-state index in [0.717, 1.165) is 0 Å². The Balaban J connectivity index is 1.58. The number of anilines is 2. The summed E-state index contributed by atoms with van der Waals surface area (Å²) in [6, 6.07) is 4.82. The van der Waals surface area contributed by atoms with Gasteiger partial charge in [-0.3, -0.25) is 19.9 Å². The number of thiazole rings is 1. The Hall–Kier alpha value is -2.55. The molecule has 0 saturated heterocycles. The zero-order valence-electron chi connectivity index (χ0n) is 13.1. The molecule has 0 saturated carbocycles. The summed E-state index contributed by atoms with van der Waals surface area (Å²) in [6.45, 7) is 0. The first-order chi connectivity index (χ1) is 12.5. The van der Waals surface area contributed by atoms with Gasteiger partial charge in [-0.05, 0) is 18.2 Å². The van der Waals surface area contributed by atoms with Gasteiger partial charge in [0.15, 0.2) is 5.13 Å². The summed E-state index contributed by atoms with van der Waals surface area (Å²) in [6.07, 6.45) is 4.31. The first kappa shape index (κ1) is 18.2. The number of benzene rings is 1. The van der Waals surface area contributed by atoms with Gasteiger partial charge in [-0.1, -0.05) is 23.2 Å². The number of nitrogens with zero attached hydrogens (tertiary/aromatic N) is 3. The van der Waals surface area contributed by atoms with E-state index in [0.29, 0.717) is 26.6 Å². The first-order valence-electron chi connectivity index (χ1n) is 7.28. The average molecular weight is 408 g/mol. The lowest BCUT2D eigenvalue weighted by molar-refractivity contribution is -0.115. The molecule has 7 nitrogen and oxygen atoms in total. The number of nitrogens with one attached hydrogen (secondary N) is 2. The van der Waals surface area contributed by atoms with Crippen LogP contribution in [0.1, 0.15) is 16.2 Å². The zero-order valence-corrected chi connectivity index (χ0v) is 15.4. The molecule has 0 fully saturated rings. The van der Waals surface area contributed by atoms with Crippen LogP contribution in [0.15, 0.2) is 42.2 Å². The van der Waals surface area contributed by atoms with Crippen molar-refractivity contribution >= 4 is 57.2 Å². The van der Waals surface area contributed by atoms with Crippen LogP contribution in [-0.4, -0.2) is 26.8 Å². The minimum absolute atomic E-state index is 0.0533. The van der Waals surface area contributed by atoms with E-state index in [1.165, 1.54) is 29.9 Å². The summed E-state index contributed by atoms with van der Waals surface area (Å²) in [5, 5.41) is 8.16. The minimum atomic E-state index is -0.417. The molecule has 1 aromatic carbocycles. The van der Waals surface area contributed by atoms with Crippen LogP contribution in [-0.2, 0) is 11.2 Å². The predicted octanol–water partition coefficient (Wildman–Crippen LogP) is 3.67. The number of carbonyl (C=O) groups is 2. The van der Waals surface area contributed by atoms with Crippen LogP contribution in [0.4, 0.5) is 10.8 Å². The molecule has 132 valence electrons. The van der Waals surface area contributed by atoms with E-state index >= 15 is 0 Å². The van der Waals surface area contributed by atoms with Gasteiger partial charge in [0.25, 0.3) is 5.91 Å². The fourth-order valence-corrected chi connectivity index (χ4v) is 2.97. The van der Waals surface area contributed by atoms with Crippen molar-refractivity contribution in [1.82, 2.24) is 15.0 Å². The second kappa shape index (κ2) is 8.22. The van der Waals surface area contributed by atoms with Crippen molar-refractivity contribution < 1.29 is 9.59 Å². The number of hydrogen-bond acceptors (Lipinski definition) is 6. The molecular formula is C16H11Cl2N5O2S. The van der Waals surface area contributed by atoms with Crippen LogP contribution >= 0.6 is 34.5 Å². The quantitative estimate of drug-likeness (QED) is 0.672. The third-order valence-corrected chi connectivity index (χ3v) is 4.66. The van der Waals surface area contributed by atoms with Gasteiger partial charge in [0.2, 0.25) is 5.91 Å². The summed E-state index contributed by atoms with van der Waals surface area (Å²) in [5.41, 5.74) is 1.25. The molecule has 0 aliphatic heterocycles. The molecule has 3 rings (SSSR count). The minimum Gasteiger partial charge on any atom is -0.326 e. The van der Waals surface area contributed by atoms with Crippen LogP contribution in [0.25, 0.3) is 0 Å². The van der Waals surface area contributed by atoms with Gasteiger partial charge in [-0.15, -0.1) is 11.3 Å². The Labute approximate surface area is 162 Å². The Morgan fingerprint density at radius 3 is 2.69 bits per heavy atom. The van der Waals surface area contributed by atoms with Crippen molar-refractivity contribution in [2.24, 2.45) is 0 Å². The monoisotopic (exact) mass is 407 g/mol. The van der Waals surface area contributed by atoms with Gasteiger partial charge in [0, 0.05) is 23.5 Å². The Kier molecular flexibility index (Phi) is 5.77. The third kappa shape index (κ3) is 4.75. The molecule has 2 N–H and O–H groups in total. The van der Waals surface area contributed by atoms with Crippen molar-refractivity contribution in [3.63, 3.8) is 0 Å². The van der Waals surface area contributed by atoms with Gasteiger partial charge in [0.1, 0.15) is 5.69 Å². The number of amides is 2. The van der Waals surface area contributed by atoms with Crippen LogP contribution in [0.5, 0.6) is 0 Å². The standard InChI is InChI=1S/C16H11Cl2N5O2S/c17-11-2-1-9(5-12(11)18)21-14(24)6-10-8-26-16(22-10)23-15(25)13-7-19-3-4-20-13/h1-5,7-8H,6H2,(H,21,24)(H,22,23,25). The van der Waals surface area contributed by atoms with Gasteiger partial charge < -0.3 is 5.32 Å². The fraction of sp³-hybridized carbons (Fsp3) is 0.0625. The molecule has 0 aliphatic carbocycles. The summed E-state index contributed by atoms with van der Waals surface area (Å²) in [5.74, 6) is -0.681. The van der Waals surface area contributed by atoms with E-state index in [4.69, 9.17) is 23.2 Å². The lowest BCUT2D eigenvalue weighted by Gasteiger charge is -2.05. The van der Waals surface area contributed by atoms with E-state index in [9.17, 15) is 9.59 Å². The van der Waals surface area contributed by atoms with Crippen LogP contribution in [0, 0.1) is 0 Å². The Bertz CT molecular complexity index is 949. The number of halogens is 2. The highest BCUT2D eigenvalue weighted by Gasteiger charge is 2.12. The molecule has 3 aromatic rings. The van der Waals surface area contributed by atoms with Crippen LogP contribution < -0.4 is 10.6 Å². The number of aromatic nitrogens is 3. The highest BCUT2D eigenvalue weighted by Crippen LogP contribution is 2.25. The normalized spacial score (nSPS) is 10.4. The highest BCUT2D eigenvalue weighted by atomic mass is 35.5. The van der Waals surface area contributed by atoms with Gasteiger partial charge in [-0.25, -0.2) is 9.97 Å². The van der Waals surface area contributed by atoms with Crippen LogP contribution in [0.3, 0.4) is 0 Å². The largest absolute Gasteiger partial charge is 0.326 e. The maximum Gasteiger partial charge on any atom is 0.277 e. The first-order valence-corrected chi connectivity index (χ1v) is 8.91. The maximum absolute atomic E-state index is 12.1. The molecule has 2 heterocycles. The molecule has 0 unspecified atom stereocenters. The van der Waals surface area contributed by atoms with Gasteiger partial charge in [0.05, 0.1) is 28.4 Å². The van der Waals surface area contributed by atoms with Crippen molar-refractivity contribution in [2.75, 3.05) is 10.6 Å². The predicted molar refractivity (Wildman–Crippen MR) is 101 cm³/mol. The zero-order chi connectivity index (χ0) is 18.5. The number of hydrogen-bond donors (Lipinski definition) is 2. The van der Waals surface area contributed by atoms with Gasteiger partial charge in [-0.2, -0.15) is 0 Å². The molecule has 0 spiro atoms. The van der Waals surface area contributed by atoms with E-state index in [1.54, 1.807) is 23.6 Å². The molecule has 26 heavy (non-hydrogen) atoms. The van der Waals surface area contributed by atoms with E-state index in [2.05, 4.69) is 25.6 Å². The second-order valence-corrected chi connectivity index (χ2v) is 6.72. The van der Waals surface area contributed by atoms with Gasteiger partial charge >= 0.3 is 0 Å². The molecule has 0 atom stereocenters. The molecule has 10 heteroatoms. The fourth-order valence-electron chi connectivity index (χ4n) is 1.97. The molecule has 0 bridgehead atoms.